The van der Waals surface area contributed by atoms with Crippen molar-refractivity contribution >= 4 is 11.8 Å². The van der Waals surface area contributed by atoms with Gasteiger partial charge in [-0.1, -0.05) is 31.4 Å². The Kier molecular flexibility index (Phi) is 5.81. The molecule has 0 spiro atoms. The Labute approximate surface area is 206 Å². The van der Waals surface area contributed by atoms with Gasteiger partial charge in [-0.05, 0) is 61.6 Å². The van der Waals surface area contributed by atoms with Gasteiger partial charge in [0.25, 0.3) is 0 Å². The molecule has 3 heterocycles. The first-order valence-electron chi connectivity index (χ1n) is 13.3. The fourth-order valence-electron chi connectivity index (χ4n) is 7.44. The average Bonchev–Trinajstić information content (AvgIpc) is 3.19. The normalized spacial score (nSPS) is 34.1. The minimum atomic E-state index is -0.725. The summed E-state index contributed by atoms with van der Waals surface area (Å²) in [6.45, 7) is 1.05. The fourth-order valence-corrected chi connectivity index (χ4v) is 7.44. The monoisotopic (exact) mass is 479 g/mol. The summed E-state index contributed by atoms with van der Waals surface area (Å²) in [4.78, 5) is 32.7. The van der Waals surface area contributed by atoms with Crippen molar-refractivity contribution in [3.8, 4) is 6.07 Å². The minimum Gasteiger partial charge on any atom is -0.330 e. The van der Waals surface area contributed by atoms with Gasteiger partial charge in [-0.3, -0.25) is 14.5 Å². The standard InChI is InChI=1S/C27H34FN5O2/c28-19-8-6-17(7-9-19)25(16-4-2-1-3-5-16)33-21-12-24(27(33)35)31(14-21)15-22(30)26(34)32-20(13-29)10-18-11-23(18)32/h6-9,16,18,20-25H,1-5,10-12,14-15,30H2/t18-,20+,21?,22+,23+,24-,25-/m1/s1. The molecule has 3 saturated heterocycles. The number of benzene rings is 1. The van der Waals surface area contributed by atoms with Crippen LogP contribution >= 0.6 is 0 Å². The first-order chi connectivity index (χ1) is 17.0. The number of hydrogen-bond acceptors (Lipinski definition) is 5. The van der Waals surface area contributed by atoms with E-state index < -0.39 is 6.04 Å². The highest BCUT2D eigenvalue weighted by Crippen LogP contribution is 2.48. The summed E-state index contributed by atoms with van der Waals surface area (Å²) in [6, 6.07) is 7.82. The summed E-state index contributed by atoms with van der Waals surface area (Å²) in [6.07, 6.45) is 8.23. The summed E-state index contributed by atoms with van der Waals surface area (Å²) in [5.41, 5.74) is 7.39. The third kappa shape index (κ3) is 3.93. The Hall–Kier alpha value is -2.50. The SMILES string of the molecule is N#C[C@@H]1C[C@@H]2C[C@@H]2N1C(=O)[C@@H](N)CN1CC2C[C@@H]1C(=O)N2[C@@H](c1ccc(F)cc1)C1CCCCC1. The molecule has 2 amide bonds. The minimum absolute atomic E-state index is 0.0244. The smallest absolute Gasteiger partial charge is 0.242 e. The summed E-state index contributed by atoms with van der Waals surface area (Å²) in [5, 5.41) is 9.44. The average molecular weight is 480 g/mol. The Balaban J connectivity index is 1.16. The van der Waals surface area contributed by atoms with Crippen molar-refractivity contribution in [2.45, 2.75) is 87.6 Å². The van der Waals surface area contributed by atoms with E-state index in [0.717, 1.165) is 37.7 Å². The van der Waals surface area contributed by atoms with Crippen molar-refractivity contribution in [2.75, 3.05) is 13.1 Å². The lowest BCUT2D eigenvalue weighted by Gasteiger charge is -2.43. The van der Waals surface area contributed by atoms with Crippen LogP contribution in [0.25, 0.3) is 0 Å². The first kappa shape index (κ1) is 22.9. The number of rotatable bonds is 6. The molecular weight excluding hydrogens is 445 g/mol. The second-order valence-electron chi connectivity index (χ2n) is 11.3. The van der Waals surface area contributed by atoms with Crippen LogP contribution in [0.2, 0.25) is 0 Å². The predicted octanol–water partition coefficient (Wildman–Crippen LogP) is 2.57. The van der Waals surface area contributed by atoms with E-state index in [2.05, 4.69) is 15.9 Å². The molecule has 1 unspecified atom stereocenters. The van der Waals surface area contributed by atoms with Crippen LogP contribution in [0.3, 0.4) is 0 Å². The number of piperazine rings is 1. The number of halogens is 1. The molecule has 0 radical (unpaired) electrons. The molecule has 3 aliphatic heterocycles. The number of fused-ring (bicyclic) bond motifs is 3. The molecule has 1 aromatic carbocycles. The first-order valence-corrected chi connectivity index (χ1v) is 13.3. The van der Waals surface area contributed by atoms with E-state index in [4.69, 9.17) is 5.73 Å². The van der Waals surface area contributed by atoms with Crippen molar-refractivity contribution in [1.29, 1.82) is 5.26 Å². The highest BCUT2D eigenvalue weighted by Gasteiger charge is 2.56. The molecule has 7 atom stereocenters. The molecule has 5 fully saturated rings. The number of nitriles is 1. The van der Waals surface area contributed by atoms with E-state index >= 15 is 0 Å². The van der Waals surface area contributed by atoms with Gasteiger partial charge in [-0.2, -0.15) is 5.26 Å². The van der Waals surface area contributed by atoms with E-state index in [1.54, 1.807) is 4.90 Å². The van der Waals surface area contributed by atoms with E-state index in [0.29, 0.717) is 24.9 Å². The zero-order valence-electron chi connectivity index (χ0n) is 20.1. The van der Waals surface area contributed by atoms with Crippen LogP contribution in [-0.2, 0) is 9.59 Å². The molecule has 35 heavy (non-hydrogen) atoms. The van der Waals surface area contributed by atoms with Crippen LogP contribution in [0, 0.1) is 29.0 Å². The van der Waals surface area contributed by atoms with Gasteiger partial charge in [0, 0.05) is 25.2 Å². The van der Waals surface area contributed by atoms with Gasteiger partial charge >= 0.3 is 0 Å². The molecule has 186 valence electrons. The molecule has 8 heteroatoms. The highest BCUT2D eigenvalue weighted by atomic mass is 19.1. The van der Waals surface area contributed by atoms with E-state index in [9.17, 15) is 19.2 Å². The molecule has 2 saturated carbocycles. The highest BCUT2D eigenvalue weighted by molar-refractivity contribution is 5.87. The molecule has 1 aromatic rings. The van der Waals surface area contributed by atoms with Crippen LogP contribution in [-0.4, -0.2) is 69.8 Å². The molecular formula is C27H34FN5O2. The maximum atomic E-state index is 13.7. The van der Waals surface area contributed by atoms with Gasteiger partial charge in [0.1, 0.15) is 11.9 Å². The summed E-state index contributed by atoms with van der Waals surface area (Å²) >= 11 is 0. The third-order valence-corrected chi connectivity index (χ3v) is 9.18. The van der Waals surface area contributed by atoms with Gasteiger partial charge in [0.15, 0.2) is 0 Å². The zero-order valence-corrected chi connectivity index (χ0v) is 20.1. The van der Waals surface area contributed by atoms with Crippen LogP contribution in [0.5, 0.6) is 0 Å². The number of hydrogen-bond donors (Lipinski definition) is 1. The largest absolute Gasteiger partial charge is 0.330 e. The summed E-state index contributed by atoms with van der Waals surface area (Å²) < 4.78 is 13.7. The maximum absolute atomic E-state index is 13.7. The van der Waals surface area contributed by atoms with E-state index in [-0.39, 0.29) is 47.8 Å². The summed E-state index contributed by atoms with van der Waals surface area (Å²) in [5.74, 6) is 0.542. The van der Waals surface area contributed by atoms with Gasteiger partial charge in [-0.15, -0.1) is 0 Å². The van der Waals surface area contributed by atoms with E-state index in [1.165, 1.54) is 31.4 Å². The summed E-state index contributed by atoms with van der Waals surface area (Å²) in [7, 11) is 0. The Morgan fingerprint density at radius 3 is 2.57 bits per heavy atom. The van der Waals surface area contributed by atoms with Gasteiger partial charge in [-0.25, -0.2) is 4.39 Å². The van der Waals surface area contributed by atoms with Crippen LogP contribution in [0.1, 0.15) is 63.0 Å². The number of nitrogens with two attached hydrogens (primary N) is 1. The van der Waals surface area contributed by atoms with Crippen molar-refractivity contribution in [1.82, 2.24) is 14.7 Å². The van der Waals surface area contributed by atoms with Crippen LogP contribution in [0.15, 0.2) is 24.3 Å². The van der Waals surface area contributed by atoms with Crippen LogP contribution < -0.4 is 5.73 Å². The van der Waals surface area contributed by atoms with Crippen molar-refractivity contribution < 1.29 is 14.0 Å². The third-order valence-electron chi connectivity index (χ3n) is 9.18. The number of piperidine rings is 1. The van der Waals surface area contributed by atoms with Crippen molar-refractivity contribution in [3.63, 3.8) is 0 Å². The number of likely N-dealkylation sites (tertiary alicyclic amines) is 3. The second-order valence-corrected chi connectivity index (χ2v) is 11.3. The zero-order chi connectivity index (χ0) is 24.3. The number of amides is 2. The molecule has 6 rings (SSSR count). The lowest BCUT2D eigenvalue weighted by atomic mass is 9.80. The second kappa shape index (κ2) is 8.86. The van der Waals surface area contributed by atoms with Crippen LogP contribution in [0.4, 0.5) is 4.39 Å². The molecule has 2 aliphatic carbocycles. The van der Waals surface area contributed by atoms with Crippen molar-refractivity contribution in [3.05, 3.63) is 35.6 Å². The lowest BCUT2D eigenvalue weighted by Crippen LogP contribution is -2.57. The van der Waals surface area contributed by atoms with E-state index in [1.807, 2.05) is 12.1 Å². The number of nitrogens with zero attached hydrogens (tertiary/aromatic N) is 4. The van der Waals surface area contributed by atoms with Crippen molar-refractivity contribution in [2.24, 2.45) is 17.6 Å². The molecule has 0 aromatic heterocycles. The maximum Gasteiger partial charge on any atom is 0.242 e. The molecule has 5 aliphatic rings. The Morgan fingerprint density at radius 1 is 1.14 bits per heavy atom. The van der Waals surface area contributed by atoms with Gasteiger partial charge in [0.05, 0.1) is 24.2 Å². The number of carbonyl (C=O) groups is 2. The fraction of sp³-hybridized carbons (Fsp3) is 0.667. The van der Waals surface area contributed by atoms with Gasteiger partial charge in [0.2, 0.25) is 11.8 Å². The lowest BCUT2D eigenvalue weighted by molar-refractivity contribution is -0.143. The molecule has 2 N–H and O–H groups in total. The Bertz CT molecular complexity index is 1040. The number of carbonyl (C=O) groups excluding carboxylic acids is 2. The molecule has 2 bridgehead atoms. The predicted molar refractivity (Wildman–Crippen MR) is 127 cm³/mol. The quantitative estimate of drug-likeness (QED) is 0.677. The van der Waals surface area contributed by atoms with Gasteiger partial charge < -0.3 is 15.5 Å². The topological polar surface area (TPSA) is 93.7 Å². The Morgan fingerprint density at radius 2 is 1.89 bits per heavy atom. The molecule has 7 nitrogen and oxygen atoms in total.